The molecular weight excluding hydrogens is 254 g/mol. The summed E-state index contributed by atoms with van der Waals surface area (Å²) in [6, 6.07) is 1.60. The van der Waals surface area contributed by atoms with Crippen LogP contribution in [0.4, 0.5) is 11.6 Å². The van der Waals surface area contributed by atoms with Gasteiger partial charge in [0, 0.05) is 18.7 Å². The van der Waals surface area contributed by atoms with Gasteiger partial charge in [0.25, 0.3) is 0 Å². The summed E-state index contributed by atoms with van der Waals surface area (Å²) in [7, 11) is 0. The average Bonchev–Trinajstić information content (AvgIpc) is 2.34. The molecule has 1 atom stereocenters. The Labute approximate surface area is 120 Å². The van der Waals surface area contributed by atoms with E-state index < -0.39 is 0 Å². The van der Waals surface area contributed by atoms with Crippen molar-refractivity contribution in [3.8, 4) is 0 Å². The second-order valence-corrected chi connectivity index (χ2v) is 5.14. The maximum Gasteiger partial charge on any atom is 0.242 e. The number of nitrogens with one attached hydrogen (secondary N) is 3. The Morgan fingerprint density at radius 1 is 1.25 bits per heavy atom. The highest BCUT2D eigenvalue weighted by Crippen LogP contribution is 2.12. The van der Waals surface area contributed by atoms with E-state index in [1.165, 1.54) is 0 Å². The molecule has 1 aromatic rings. The Hall–Kier alpha value is -1.85. The molecule has 0 saturated carbocycles. The van der Waals surface area contributed by atoms with Crippen LogP contribution in [0.3, 0.4) is 0 Å². The normalized spacial score (nSPS) is 12.1. The minimum absolute atomic E-state index is 0.0423. The fourth-order valence-corrected chi connectivity index (χ4v) is 1.68. The lowest BCUT2D eigenvalue weighted by molar-refractivity contribution is -0.122. The molecule has 1 heterocycles. The molecule has 1 unspecified atom stereocenters. The fraction of sp³-hybridized carbons (Fsp3) is 0.643. The van der Waals surface area contributed by atoms with Gasteiger partial charge in [-0.2, -0.15) is 0 Å². The maximum absolute atomic E-state index is 11.9. The highest BCUT2D eigenvalue weighted by atomic mass is 16.2. The number of aromatic nitrogens is 2. The molecule has 0 saturated heterocycles. The highest BCUT2D eigenvalue weighted by Gasteiger charge is 2.14. The quantitative estimate of drug-likeness (QED) is 0.711. The van der Waals surface area contributed by atoms with Crippen molar-refractivity contribution in [2.45, 2.75) is 53.1 Å². The van der Waals surface area contributed by atoms with E-state index in [1.807, 2.05) is 33.8 Å². The average molecular weight is 279 g/mol. The van der Waals surface area contributed by atoms with Crippen LogP contribution in [0.1, 0.15) is 39.9 Å². The van der Waals surface area contributed by atoms with Gasteiger partial charge in [0.05, 0.1) is 0 Å². The molecule has 0 bridgehead atoms. The van der Waals surface area contributed by atoms with Crippen molar-refractivity contribution >= 4 is 17.5 Å². The van der Waals surface area contributed by atoms with Gasteiger partial charge in [0.15, 0.2) is 0 Å². The number of amides is 1. The van der Waals surface area contributed by atoms with E-state index in [0.29, 0.717) is 11.6 Å². The first-order valence-electron chi connectivity index (χ1n) is 7.08. The van der Waals surface area contributed by atoms with Gasteiger partial charge in [-0.05, 0) is 34.1 Å². The lowest BCUT2D eigenvalue weighted by atomic mass is 10.3. The van der Waals surface area contributed by atoms with Crippen LogP contribution in [0, 0.1) is 6.92 Å². The van der Waals surface area contributed by atoms with E-state index >= 15 is 0 Å². The molecule has 112 valence electrons. The van der Waals surface area contributed by atoms with Crippen molar-refractivity contribution < 1.29 is 4.79 Å². The zero-order chi connectivity index (χ0) is 15.1. The molecule has 1 amide bonds. The van der Waals surface area contributed by atoms with Crippen LogP contribution in [-0.4, -0.2) is 34.5 Å². The molecule has 0 aliphatic heterocycles. The summed E-state index contributed by atoms with van der Waals surface area (Å²) in [6.45, 7) is 10.5. The van der Waals surface area contributed by atoms with Crippen molar-refractivity contribution in [3.63, 3.8) is 0 Å². The van der Waals surface area contributed by atoms with E-state index in [4.69, 9.17) is 0 Å². The van der Waals surface area contributed by atoms with Gasteiger partial charge >= 0.3 is 0 Å². The maximum atomic E-state index is 11.9. The first-order chi connectivity index (χ1) is 9.42. The third-order valence-corrected chi connectivity index (χ3v) is 2.58. The second kappa shape index (κ2) is 7.67. The van der Waals surface area contributed by atoms with Crippen molar-refractivity contribution in [2.75, 3.05) is 17.2 Å². The smallest absolute Gasteiger partial charge is 0.242 e. The summed E-state index contributed by atoms with van der Waals surface area (Å²) < 4.78 is 0. The lowest BCUT2D eigenvalue weighted by Crippen LogP contribution is -2.41. The van der Waals surface area contributed by atoms with Crippen LogP contribution in [-0.2, 0) is 4.79 Å². The summed E-state index contributed by atoms with van der Waals surface area (Å²) in [4.78, 5) is 20.5. The van der Waals surface area contributed by atoms with Crippen LogP contribution in [0.2, 0.25) is 0 Å². The number of carbonyl (C=O) groups is 1. The van der Waals surface area contributed by atoms with E-state index in [0.717, 1.165) is 18.8 Å². The van der Waals surface area contributed by atoms with Crippen molar-refractivity contribution in [2.24, 2.45) is 0 Å². The van der Waals surface area contributed by atoms with Crippen LogP contribution in [0.5, 0.6) is 0 Å². The molecule has 0 spiro atoms. The standard InChI is InChI=1S/C14H25N5O/c1-6-7-15-12-8-13(19-11(5)18-12)17-10(4)14(20)16-9(2)3/h8-10H,6-7H2,1-5H3,(H,16,20)(H2,15,17,18,19). The lowest BCUT2D eigenvalue weighted by Gasteiger charge is -2.17. The first-order valence-corrected chi connectivity index (χ1v) is 7.08. The third kappa shape index (κ3) is 5.42. The van der Waals surface area contributed by atoms with Gasteiger partial charge in [-0.1, -0.05) is 6.92 Å². The van der Waals surface area contributed by atoms with Crippen molar-refractivity contribution in [1.29, 1.82) is 0 Å². The topological polar surface area (TPSA) is 78.9 Å². The van der Waals surface area contributed by atoms with Gasteiger partial charge in [0.2, 0.25) is 5.91 Å². The predicted octanol–water partition coefficient (Wildman–Crippen LogP) is 1.93. The summed E-state index contributed by atoms with van der Waals surface area (Å²) >= 11 is 0. The summed E-state index contributed by atoms with van der Waals surface area (Å²) in [5.41, 5.74) is 0. The monoisotopic (exact) mass is 279 g/mol. The Kier molecular flexibility index (Phi) is 6.21. The van der Waals surface area contributed by atoms with Crippen LogP contribution in [0.25, 0.3) is 0 Å². The Morgan fingerprint density at radius 3 is 2.50 bits per heavy atom. The fourth-order valence-electron chi connectivity index (χ4n) is 1.68. The first kappa shape index (κ1) is 16.2. The van der Waals surface area contributed by atoms with Crippen molar-refractivity contribution in [3.05, 3.63) is 11.9 Å². The highest BCUT2D eigenvalue weighted by molar-refractivity contribution is 5.84. The van der Waals surface area contributed by atoms with E-state index in [2.05, 4.69) is 32.8 Å². The molecule has 1 aromatic heterocycles. The molecule has 0 radical (unpaired) electrons. The molecule has 6 nitrogen and oxygen atoms in total. The molecule has 6 heteroatoms. The van der Waals surface area contributed by atoms with E-state index in [9.17, 15) is 4.79 Å². The van der Waals surface area contributed by atoms with E-state index in [-0.39, 0.29) is 18.0 Å². The number of rotatable bonds is 7. The number of hydrogen-bond donors (Lipinski definition) is 3. The minimum Gasteiger partial charge on any atom is -0.370 e. The zero-order valence-electron chi connectivity index (χ0n) is 12.9. The van der Waals surface area contributed by atoms with E-state index in [1.54, 1.807) is 0 Å². The Balaban J connectivity index is 2.71. The van der Waals surface area contributed by atoms with Crippen molar-refractivity contribution in [1.82, 2.24) is 15.3 Å². The minimum atomic E-state index is -0.342. The molecule has 0 aliphatic rings. The molecule has 3 N–H and O–H groups in total. The van der Waals surface area contributed by atoms with Gasteiger partial charge in [0.1, 0.15) is 23.5 Å². The van der Waals surface area contributed by atoms with Crippen LogP contribution >= 0.6 is 0 Å². The van der Waals surface area contributed by atoms with Gasteiger partial charge in [-0.25, -0.2) is 9.97 Å². The largest absolute Gasteiger partial charge is 0.370 e. The zero-order valence-corrected chi connectivity index (χ0v) is 12.9. The second-order valence-electron chi connectivity index (χ2n) is 5.14. The molecule has 1 rings (SSSR count). The van der Waals surface area contributed by atoms with Gasteiger partial charge < -0.3 is 16.0 Å². The molecule has 0 fully saturated rings. The number of anilines is 2. The summed E-state index contributed by atoms with van der Waals surface area (Å²) in [5, 5.41) is 9.19. The summed E-state index contributed by atoms with van der Waals surface area (Å²) in [6.07, 6.45) is 1.03. The number of hydrogen-bond acceptors (Lipinski definition) is 5. The predicted molar refractivity (Wildman–Crippen MR) is 81.9 cm³/mol. The van der Waals surface area contributed by atoms with Gasteiger partial charge in [-0.3, -0.25) is 4.79 Å². The summed E-state index contributed by atoms with van der Waals surface area (Å²) in [5.74, 6) is 2.06. The van der Waals surface area contributed by atoms with Gasteiger partial charge in [-0.15, -0.1) is 0 Å². The Bertz CT molecular complexity index is 447. The Morgan fingerprint density at radius 2 is 1.90 bits per heavy atom. The molecular formula is C14H25N5O. The molecule has 20 heavy (non-hydrogen) atoms. The number of aryl methyl sites for hydroxylation is 1. The van der Waals surface area contributed by atoms with Crippen LogP contribution < -0.4 is 16.0 Å². The number of nitrogens with zero attached hydrogens (tertiary/aromatic N) is 2. The SMILES string of the molecule is CCCNc1cc(NC(C)C(=O)NC(C)C)nc(C)n1. The molecule has 0 aliphatic carbocycles. The molecule has 0 aromatic carbocycles. The number of carbonyl (C=O) groups excluding carboxylic acids is 1. The third-order valence-electron chi connectivity index (χ3n) is 2.58. The van der Waals surface area contributed by atoms with Crippen LogP contribution in [0.15, 0.2) is 6.07 Å².